The van der Waals surface area contributed by atoms with E-state index in [1.807, 2.05) is 37.3 Å². The van der Waals surface area contributed by atoms with E-state index in [1.54, 1.807) is 44.2 Å². The van der Waals surface area contributed by atoms with Crippen molar-refractivity contribution < 1.29 is 22.4 Å². The van der Waals surface area contributed by atoms with Crippen LogP contribution >= 0.6 is 23.2 Å². The van der Waals surface area contributed by atoms with Crippen LogP contribution in [0.1, 0.15) is 30.5 Å². The third-order valence-electron chi connectivity index (χ3n) is 7.05. The number of hydrogen-bond donors (Lipinski definition) is 1. The third-order valence-corrected chi connectivity index (χ3v) is 9.56. The van der Waals surface area contributed by atoms with Gasteiger partial charge in [-0.3, -0.25) is 13.9 Å². The quantitative estimate of drug-likeness (QED) is 0.180. The van der Waals surface area contributed by atoms with Crippen molar-refractivity contribution in [2.45, 2.75) is 50.7 Å². The number of sulfonamides is 1. The molecular weight excluding hydrogens is 636 g/mol. The number of hydrogen-bond acceptors (Lipinski definition) is 4. The Kier molecular flexibility index (Phi) is 11.3. The highest BCUT2D eigenvalue weighted by molar-refractivity contribution is 7.92. The predicted octanol–water partition coefficient (Wildman–Crippen LogP) is 6.80. The number of nitrogens with one attached hydrogen (secondary N) is 1. The summed E-state index contributed by atoms with van der Waals surface area (Å²) in [5, 5.41) is 3.45. The van der Waals surface area contributed by atoms with Crippen molar-refractivity contribution in [2.75, 3.05) is 10.8 Å². The molecule has 4 aromatic carbocycles. The Morgan fingerprint density at radius 2 is 1.49 bits per heavy atom. The van der Waals surface area contributed by atoms with Crippen LogP contribution in [0.15, 0.2) is 102 Å². The zero-order valence-corrected chi connectivity index (χ0v) is 27.4. The molecule has 0 fully saturated rings. The van der Waals surface area contributed by atoms with Gasteiger partial charge in [-0.1, -0.05) is 89.4 Å². The molecule has 0 saturated heterocycles. The zero-order chi connectivity index (χ0) is 32.7. The average Bonchev–Trinajstić information content (AvgIpc) is 3.00. The minimum absolute atomic E-state index is 0.103. The minimum atomic E-state index is -4.42. The number of carbonyl (C=O) groups is 2. The topological polar surface area (TPSA) is 86.8 Å². The fraction of sp³-hybridized carbons (Fsp3) is 0.235. The molecule has 1 atom stereocenters. The van der Waals surface area contributed by atoms with Crippen molar-refractivity contribution in [3.8, 4) is 0 Å². The van der Waals surface area contributed by atoms with E-state index < -0.39 is 40.2 Å². The van der Waals surface area contributed by atoms with Gasteiger partial charge in [0.15, 0.2) is 0 Å². The SMILES string of the molecule is Cc1ccc(S(=O)(=O)N(CC(=O)N(Cc2ccc(Cl)c(Cl)c2)[C@@H](Cc2ccccc2)C(=O)NC(C)C)c2ccccc2F)cc1. The van der Waals surface area contributed by atoms with Crippen molar-refractivity contribution in [3.63, 3.8) is 0 Å². The van der Waals surface area contributed by atoms with Crippen molar-refractivity contribution >= 4 is 50.7 Å². The molecule has 0 aliphatic rings. The van der Waals surface area contributed by atoms with Crippen molar-refractivity contribution in [1.29, 1.82) is 0 Å². The maximum atomic E-state index is 15.2. The summed E-state index contributed by atoms with van der Waals surface area (Å²) in [6.07, 6.45) is 0.136. The second-order valence-corrected chi connectivity index (χ2v) is 13.6. The molecule has 4 rings (SSSR count). The van der Waals surface area contributed by atoms with E-state index in [1.165, 1.54) is 35.2 Å². The Bertz CT molecular complexity index is 1750. The van der Waals surface area contributed by atoms with Gasteiger partial charge in [-0.15, -0.1) is 0 Å². The summed E-state index contributed by atoms with van der Waals surface area (Å²) in [4.78, 5) is 29.3. The molecule has 0 saturated carbocycles. The molecule has 0 spiro atoms. The van der Waals surface area contributed by atoms with Gasteiger partial charge in [0.2, 0.25) is 11.8 Å². The Morgan fingerprint density at radius 1 is 0.844 bits per heavy atom. The fourth-order valence-electron chi connectivity index (χ4n) is 4.77. The van der Waals surface area contributed by atoms with Gasteiger partial charge in [0.05, 0.1) is 20.6 Å². The van der Waals surface area contributed by atoms with Gasteiger partial charge in [-0.25, -0.2) is 12.8 Å². The lowest BCUT2D eigenvalue weighted by Gasteiger charge is -2.34. The standard InChI is InChI=1S/C34H34Cl2FN3O4S/c1-23(2)38-34(42)32(20-25-9-5-4-6-10-25)39(21-26-15-18-28(35)29(36)19-26)33(41)22-40(31-12-8-7-11-30(31)37)45(43,44)27-16-13-24(3)14-17-27/h4-19,23,32H,20-22H2,1-3H3,(H,38,42)/t32-/m0/s1. The smallest absolute Gasteiger partial charge is 0.264 e. The lowest BCUT2D eigenvalue weighted by molar-refractivity contribution is -0.140. The summed E-state index contributed by atoms with van der Waals surface area (Å²) in [7, 11) is -4.42. The highest BCUT2D eigenvalue weighted by atomic mass is 35.5. The van der Waals surface area contributed by atoms with Gasteiger partial charge in [0.25, 0.3) is 10.0 Å². The first kappa shape index (κ1) is 34.0. The number of benzene rings is 4. The lowest BCUT2D eigenvalue weighted by atomic mass is 10.0. The summed E-state index contributed by atoms with van der Waals surface area (Å²) in [5.41, 5.74) is 1.88. The van der Waals surface area contributed by atoms with Gasteiger partial charge < -0.3 is 10.2 Å². The minimum Gasteiger partial charge on any atom is -0.352 e. The molecule has 11 heteroatoms. The Balaban J connectivity index is 1.83. The predicted molar refractivity (Wildman–Crippen MR) is 176 cm³/mol. The first-order valence-corrected chi connectivity index (χ1v) is 16.5. The molecule has 0 radical (unpaired) electrons. The summed E-state index contributed by atoms with van der Waals surface area (Å²) in [6.45, 7) is 4.53. The number of halogens is 3. The number of rotatable bonds is 12. The van der Waals surface area contributed by atoms with Gasteiger partial charge in [-0.05, 0) is 68.3 Å². The van der Waals surface area contributed by atoms with Crippen LogP contribution in [0.4, 0.5) is 10.1 Å². The molecule has 7 nitrogen and oxygen atoms in total. The highest BCUT2D eigenvalue weighted by Gasteiger charge is 2.35. The normalized spacial score (nSPS) is 12.1. The van der Waals surface area contributed by atoms with E-state index >= 15 is 4.39 Å². The third kappa shape index (κ3) is 8.63. The van der Waals surface area contributed by atoms with Crippen LogP contribution in [-0.4, -0.2) is 43.8 Å². The summed E-state index contributed by atoms with van der Waals surface area (Å²) < 4.78 is 44.0. The molecule has 2 amide bonds. The maximum Gasteiger partial charge on any atom is 0.264 e. The van der Waals surface area contributed by atoms with Crippen LogP contribution in [0, 0.1) is 12.7 Å². The summed E-state index contributed by atoms with van der Waals surface area (Å²) >= 11 is 12.4. The second kappa shape index (κ2) is 14.9. The van der Waals surface area contributed by atoms with Crippen LogP contribution < -0.4 is 9.62 Å². The first-order chi connectivity index (χ1) is 21.4. The Morgan fingerprint density at radius 3 is 2.11 bits per heavy atom. The van der Waals surface area contributed by atoms with Crippen molar-refractivity contribution in [2.24, 2.45) is 0 Å². The van der Waals surface area contributed by atoms with E-state index in [0.717, 1.165) is 21.5 Å². The van der Waals surface area contributed by atoms with Crippen molar-refractivity contribution in [1.82, 2.24) is 10.2 Å². The molecule has 0 aromatic heterocycles. The monoisotopic (exact) mass is 669 g/mol. The van der Waals surface area contributed by atoms with Gasteiger partial charge in [0.1, 0.15) is 18.4 Å². The molecule has 0 bridgehead atoms. The van der Waals surface area contributed by atoms with Gasteiger partial charge in [0, 0.05) is 19.0 Å². The Hall–Kier alpha value is -3.92. The number of nitrogens with zero attached hydrogens (tertiary/aromatic N) is 2. The van der Waals surface area contributed by atoms with Crippen LogP contribution in [0.2, 0.25) is 10.0 Å². The molecule has 0 unspecified atom stereocenters. The van der Waals surface area contributed by atoms with Crippen molar-refractivity contribution in [3.05, 3.63) is 130 Å². The number of carbonyl (C=O) groups excluding carboxylic acids is 2. The summed E-state index contributed by atoms with van der Waals surface area (Å²) in [5.74, 6) is -1.98. The number of amides is 2. The van der Waals surface area contributed by atoms with E-state index in [-0.39, 0.29) is 34.6 Å². The van der Waals surface area contributed by atoms with Crippen LogP contribution in [-0.2, 0) is 32.6 Å². The van der Waals surface area contributed by atoms with Gasteiger partial charge >= 0.3 is 0 Å². The maximum absolute atomic E-state index is 15.2. The molecule has 0 aliphatic carbocycles. The van der Waals surface area contributed by atoms with E-state index in [4.69, 9.17) is 23.2 Å². The van der Waals surface area contributed by atoms with E-state index in [2.05, 4.69) is 5.32 Å². The van der Waals surface area contributed by atoms with E-state index in [0.29, 0.717) is 10.6 Å². The first-order valence-electron chi connectivity index (χ1n) is 14.3. The van der Waals surface area contributed by atoms with Gasteiger partial charge in [-0.2, -0.15) is 0 Å². The molecule has 0 heterocycles. The number of aryl methyl sites for hydroxylation is 1. The molecule has 4 aromatic rings. The molecular formula is C34H34Cl2FN3O4S. The fourth-order valence-corrected chi connectivity index (χ4v) is 6.52. The second-order valence-electron chi connectivity index (χ2n) is 10.9. The average molecular weight is 671 g/mol. The molecule has 1 N–H and O–H groups in total. The van der Waals surface area contributed by atoms with Crippen LogP contribution in [0.3, 0.4) is 0 Å². The lowest BCUT2D eigenvalue weighted by Crippen LogP contribution is -2.54. The number of para-hydroxylation sites is 1. The summed E-state index contributed by atoms with van der Waals surface area (Å²) in [6, 6.07) is 24.1. The van der Waals surface area contributed by atoms with E-state index in [9.17, 15) is 18.0 Å². The number of anilines is 1. The highest BCUT2D eigenvalue weighted by Crippen LogP contribution is 2.28. The van der Waals surface area contributed by atoms with Crippen LogP contribution in [0.25, 0.3) is 0 Å². The molecule has 236 valence electrons. The zero-order valence-electron chi connectivity index (χ0n) is 25.1. The molecule has 0 aliphatic heterocycles. The molecule has 45 heavy (non-hydrogen) atoms. The van der Waals surface area contributed by atoms with Crippen LogP contribution in [0.5, 0.6) is 0 Å². The largest absolute Gasteiger partial charge is 0.352 e. The Labute approximate surface area is 273 Å².